The summed E-state index contributed by atoms with van der Waals surface area (Å²) in [6, 6.07) is 7.32. The van der Waals surface area contributed by atoms with Gasteiger partial charge in [0.2, 0.25) is 5.91 Å². The lowest BCUT2D eigenvalue weighted by Crippen LogP contribution is -2.11. The summed E-state index contributed by atoms with van der Waals surface area (Å²) in [5.41, 5.74) is 1.70. The highest BCUT2D eigenvalue weighted by Crippen LogP contribution is 2.28. The molecule has 0 aliphatic rings. The molecule has 0 bridgehead atoms. The van der Waals surface area contributed by atoms with Gasteiger partial charge >= 0.3 is 0 Å². The van der Waals surface area contributed by atoms with E-state index in [1.807, 2.05) is 38.1 Å². The number of nitrogens with one attached hydrogen (secondary N) is 1. The van der Waals surface area contributed by atoms with Crippen molar-refractivity contribution >= 4 is 17.8 Å². The number of amides is 1. The first kappa shape index (κ1) is 16.6. The Hall–Kier alpha value is -2.76. The van der Waals surface area contributed by atoms with Gasteiger partial charge in [-0.05, 0) is 37.6 Å². The van der Waals surface area contributed by atoms with E-state index in [4.69, 9.17) is 9.47 Å². The van der Waals surface area contributed by atoms with E-state index < -0.39 is 0 Å². The monoisotopic (exact) mass is 315 g/mol. The zero-order valence-electron chi connectivity index (χ0n) is 13.8. The third-order valence-corrected chi connectivity index (χ3v) is 3.17. The van der Waals surface area contributed by atoms with E-state index in [9.17, 15) is 4.79 Å². The molecule has 0 fully saturated rings. The van der Waals surface area contributed by atoms with Crippen molar-refractivity contribution in [1.29, 1.82) is 0 Å². The number of hydrogen-bond acceptors (Lipinski definition) is 4. The number of aryl methyl sites for hydroxylation is 2. The summed E-state index contributed by atoms with van der Waals surface area (Å²) in [4.78, 5) is 12.0. The summed E-state index contributed by atoms with van der Waals surface area (Å²) < 4.78 is 12.4. The minimum absolute atomic E-state index is 0.221. The number of anilines is 1. The Morgan fingerprint density at radius 1 is 1.35 bits per heavy atom. The molecule has 0 radical (unpaired) electrons. The van der Waals surface area contributed by atoms with Crippen LogP contribution in [0.1, 0.15) is 18.2 Å². The molecule has 23 heavy (non-hydrogen) atoms. The first-order valence-electron chi connectivity index (χ1n) is 7.34. The Bertz CT molecular complexity index is 720. The molecular weight excluding hydrogens is 294 g/mol. The number of rotatable bonds is 6. The van der Waals surface area contributed by atoms with Crippen molar-refractivity contribution < 1.29 is 14.3 Å². The molecule has 0 unspecified atom stereocenters. The number of ether oxygens (including phenoxy) is 2. The largest absolute Gasteiger partial charge is 0.493 e. The smallest absolute Gasteiger partial charge is 0.249 e. The molecule has 0 atom stereocenters. The zero-order valence-corrected chi connectivity index (χ0v) is 13.8. The molecular formula is C17H21N3O3. The molecule has 122 valence electrons. The van der Waals surface area contributed by atoms with Crippen LogP contribution >= 0.6 is 0 Å². The molecule has 1 N–H and O–H groups in total. The van der Waals surface area contributed by atoms with Gasteiger partial charge in [-0.1, -0.05) is 6.07 Å². The first-order valence-corrected chi connectivity index (χ1v) is 7.34. The molecule has 0 saturated heterocycles. The summed E-state index contributed by atoms with van der Waals surface area (Å²) in [6.45, 7) is 4.33. The van der Waals surface area contributed by atoms with E-state index >= 15 is 0 Å². The summed E-state index contributed by atoms with van der Waals surface area (Å²) >= 11 is 0. The molecule has 6 nitrogen and oxygen atoms in total. The maximum atomic E-state index is 12.0. The van der Waals surface area contributed by atoms with Crippen molar-refractivity contribution in [3.05, 3.63) is 41.6 Å². The van der Waals surface area contributed by atoms with Gasteiger partial charge in [-0.15, -0.1) is 0 Å². The van der Waals surface area contributed by atoms with Gasteiger partial charge in [-0.25, -0.2) is 0 Å². The minimum atomic E-state index is -0.221. The summed E-state index contributed by atoms with van der Waals surface area (Å²) in [5.74, 6) is 1.75. The van der Waals surface area contributed by atoms with Gasteiger partial charge in [0.25, 0.3) is 0 Å². The number of carbonyl (C=O) groups excluding carboxylic acids is 1. The van der Waals surface area contributed by atoms with Crippen LogP contribution in [0.3, 0.4) is 0 Å². The van der Waals surface area contributed by atoms with E-state index in [2.05, 4.69) is 10.4 Å². The van der Waals surface area contributed by atoms with Crippen LogP contribution in [0.5, 0.6) is 11.5 Å². The fourth-order valence-electron chi connectivity index (χ4n) is 2.13. The lowest BCUT2D eigenvalue weighted by atomic mass is 10.2. The van der Waals surface area contributed by atoms with E-state index in [0.29, 0.717) is 23.9 Å². The SMILES string of the molecule is CCOc1cc(/C=C/C(=O)Nc2cc(C)nn2C)ccc1OC. The van der Waals surface area contributed by atoms with E-state index in [-0.39, 0.29) is 5.91 Å². The molecule has 0 aliphatic heterocycles. The topological polar surface area (TPSA) is 65.4 Å². The molecule has 1 aromatic carbocycles. The highest BCUT2D eigenvalue weighted by Gasteiger charge is 2.06. The number of aromatic nitrogens is 2. The normalized spacial score (nSPS) is 10.8. The van der Waals surface area contributed by atoms with Gasteiger partial charge in [0.1, 0.15) is 5.82 Å². The van der Waals surface area contributed by atoms with Crippen molar-refractivity contribution in [2.45, 2.75) is 13.8 Å². The van der Waals surface area contributed by atoms with Crippen molar-refractivity contribution in [2.24, 2.45) is 7.05 Å². The Balaban J connectivity index is 2.08. The van der Waals surface area contributed by atoms with Crippen LogP contribution < -0.4 is 14.8 Å². The van der Waals surface area contributed by atoms with Crippen LogP contribution in [0.25, 0.3) is 6.08 Å². The van der Waals surface area contributed by atoms with Crippen LogP contribution in [0.15, 0.2) is 30.3 Å². The lowest BCUT2D eigenvalue weighted by Gasteiger charge is -2.09. The fraction of sp³-hybridized carbons (Fsp3) is 0.294. The van der Waals surface area contributed by atoms with Gasteiger partial charge < -0.3 is 14.8 Å². The van der Waals surface area contributed by atoms with E-state index in [1.54, 1.807) is 24.9 Å². The molecule has 6 heteroatoms. The third-order valence-electron chi connectivity index (χ3n) is 3.17. The summed E-state index contributed by atoms with van der Waals surface area (Å²) in [6.07, 6.45) is 3.19. The van der Waals surface area contributed by atoms with E-state index in [1.165, 1.54) is 6.08 Å². The Morgan fingerprint density at radius 3 is 2.74 bits per heavy atom. The van der Waals surface area contributed by atoms with Gasteiger partial charge in [0.15, 0.2) is 11.5 Å². The van der Waals surface area contributed by atoms with Crippen LogP contribution in [-0.4, -0.2) is 29.4 Å². The van der Waals surface area contributed by atoms with Gasteiger partial charge in [-0.2, -0.15) is 5.10 Å². The lowest BCUT2D eigenvalue weighted by molar-refractivity contribution is -0.111. The predicted octanol–water partition coefficient (Wildman–Crippen LogP) is 2.79. The summed E-state index contributed by atoms with van der Waals surface area (Å²) in [7, 11) is 3.38. The molecule has 1 heterocycles. The molecule has 1 amide bonds. The Labute approximate surface area is 135 Å². The fourth-order valence-corrected chi connectivity index (χ4v) is 2.13. The molecule has 0 aliphatic carbocycles. The highest BCUT2D eigenvalue weighted by molar-refractivity contribution is 6.01. The number of benzene rings is 1. The number of nitrogens with zero attached hydrogens (tertiary/aromatic N) is 2. The zero-order chi connectivity index (χ0) is 16.8. The minimum Gasteiger partial charge on any atom is -0.493 e. The second-order valence-corrected chi connectivity index (χ2v) is 4.96. The molecule has 2 aromatic rings. The highest BCUT2D eigenvalue weighted by atomic mass is 16.5. The van der Waals surface area contributed by atoms with Gasteiger partial charge in [0.05, 0.1) is 19.4 Å². The van der Waals surface area contributed by atoms with Crippen LogP contribution in [-0.2, 0) is 11.8 Å². The van der Waals surface area contributed by atoms with Crippen molar-refractivity contribution in [3.63, 3.8) is 0 Å². The van der Waals surface area contributed by atoms with Crippen molar-refractivity contribution in [3.8, 4) is 11.5 Å². The van der Waals surface area contributed by atoms with Crippen LogP contribution in [0.2, 0.25) is 0 Å². The van der Waals surface area contributed by atoms with Crippen molar-refractivity contribution in [1.82, 2.24) is 9.78 Å². The second-order valence-electron chi connectivity index (χ2n) is 4.96. The van der Waals surface area contributed by atoms with Gasteiger partial charge in [-0.3, -0.25) is 9.48 Å². The molecule has 0 saturated carbocycles. The molecule has 2 rings (SSSR count). The first-order chi connectivity index (χ1) is 11.0. The number of methoxy groups -OCH3 is 1. The number of carbonyl (C=O) groups is 1. The number of hydrogen-bond donors (Lipinski definition) is 1. The molecule has 1 aromatic heterocycles. The van der Waals surface area contributed by atoms with E-state index in [0.717, 1.165) is 11.3 Å². The predicted molar refractivity (Wildman–Crippen MR) is 89.8 cm³/mol. The Morgan fingerprint density at radius 2 is 2.13 bits per heavy atom. The molecule has 0 spiro atoms. The average molecular weight is 315 g/mol. The second kappa shape index (κ2) is 7.49. The quantitative estimate of drug-likeness (QED) is 0.833. The third kappa shape index (κ3) is 4.35. The van der Waals surface area contributed by atoms with Gasteiger partial charge in [0, 0.05) is 19.2 Å². The average Bonchev–Trinajstić information content (AvgIpc) is 2.83. The van der Waals surface area contributed by atoms with Crippen LogP contribution in [0.4, 0.5) is 5.82 Å². The summed E-state index contributed by atoms with van der Waals surface area (Å²) in [5, 5.41) is 6.96. The van der Waals surface area contributed by atoms with Crippen LogP contribution in [0, 0.1) is 6.92 Å². The standard InChI is InChI=1S/C17H21N3O3/c1-5-23-15-11-13(6-8-14(15)22-4)7-9-17(21)18-16-10-12(2)19-20(16)3/h6-11H,5H2,1-4H3,(H,18,21)/b9-7+. The van der Waals surface area contributed by atoms with Crippen molar-refractivity contribution in [2.75, 3.05) is 19.0 Å². The Kier molecular flexibility index (Phi) is 5.41. The maximum absolute atomic E-state index is 12.0. The maximum Gasteiger partial charge on any atom is 0.249 e.